The summed E-state index contributed by atoms with van der Waals surface area (Å²) in [6.45, 7) is 2.17. The van der Waals surface area contributed by atoms with E-state index >= 15 is 0 Å². The average molecular weight is 301 g/mol. The lowest BCUT2D eigenvalue weighted by molar-refractivity contribution is -0.187. The third-order valence-electron chi connectivity index (χ3n) is 3.96. The van der Waals surface area contributed by atoms with Crippen molar-refractivity contribution in [1.29, 1.82) is 0 Å². The van der Waals surface area contributed by atoms with E-state index in [1.165, 1.54) is 0 Å². The Balaban J connectivity index is 0.00000180. The van der Waals surface area contributed by atoms with Gasteiger partial charge in [-0.05, 0) is 38.8 Å². The summed E-state index contributed by atoms with van der Waals surface area (Å²) in [4.78, 5) is 13.7. The molecule has 2 saturated heterocycles. The summed E-state index contributed by atoms with van der Waals surface area (Å²) in [7, 11) is 0. The normalized spacial score (nSPS) is 23.0. The van der Waals surface area contributed by atoms with Crippen LogP contribution in [-0.4, -0.2) is 43.2 Å². The van der Waals surface area contributed by atoms with Crippen molar-refractivity contribution in [1.82, 2.24) is 10.2 Å². The van der Waals surface area contributed by atoms with Gasteiger partial charge in [0.15, 0.2) is 0 Å². The Morgan fingerprint density at radius 1 is 1.05 bits per heavy atom. The van der Waals surface area contributed by atoms with Crippen molar-refractivity contribution in [3.05, 3.63) is 0 Å². The Morgan fingerprint density at radius 3 is 2.05 bits per heavy atom. The van der Waals surface area contributed by atoms with Crippen LogP contribution >= 0.6 is 12.4 Å². The second-order valence-corrected chi connectivity index (χ2v) is 5.17. The van der Waals surface area contributed by atoms with Crippen LogP contribution in [0, 0.1) is 11.8 Å². The summed E-state index contributed by atoms with van der Waals surface area (Å²) >= 11 is 0. The summed E-state index contributed by atoms with van der Waals surface area (Å²) < 4.78 is 37.5. The molecule has 2 aliphatic heterocycles. The van der Waals surface area contributed by atoms with Crippen molar-refractivity contribution in [3.8, 4) is 0 Å². The molecule has 1 N–H and O–H groups in total. The molecule has 0 saturated carbocycles. The minimum atomic E-state index is -4.11. The van der Waals surface area contributed by atoms with Gasteiger partial charge in [0.25, 0.3) is 0 Å². The van der Waals surface area contributed by atoms with Crippen LogP contribution in [0.15, 0.2) is 0 Å². The highest BCUT2D eigenvalue weighted by Crippen LogP contribution is 2.34. The van der Waals surface area contributed by atoms with E-state index in [0.29, 0.717) is 0 Å². The first kappa shape index (κ1) is 16.6. The van der Waals surface area contributed by atoms with Crippen molar-refractivity contribution >= 4 is 18.3 Å². The van der Waals surface area contributed by atoms with E-state index in [1.807, 2.05) is 0 Å². The van der Waals surface area contributed by atoms with Crippen molar-refractivity contribution in [2.75, 3.05) is 26.2 Å². The molecule has 1 amide bonds. The van der Waals surface area contributed by atoms with Crippen LogP contribution in [0.25, 0.3) is 0 Å². The maximum atomic E-state index is 12.5. The zero-order valence-corrected chi connectivity index (χ0v) is 11.5. The Labute approximate surface area is 117 Å². The van der Waals surface area contributed by atoms with Gasteiger partial charge in [0.1, 0.15) is 0 Å². The van der Waals surface area contributed by atoms with E-state index in [0.717, 1.165) is 25.9 Å². The number of carbonyl (C=O) groups excluding carboxylic acids is 1. The molecule has 0 spiro atoms. The maximum Gasteiger partial charge on any atom is 0.391 e. The highest BCUT2D eigenvalue weighted by Gasteiger charge is 2.42. The molecule has 2 rings (SSSR count). The van der Waals surface area contributed by atoms with Crippen LogP contribution in [0.3, 0.4) is 0 Å². The van der Waals surface area contributed by atoms with Crippen LogP contribution in [0.4, 0.5) is 13.2 Å². The van der Waals surface area contributed by atoms with Gasteiger partial charge in [0.05, 0.1) is 5.92 Å². The molecule has 0 aromatic carbocycles. The number of carbonyl (C=O) groups is 1. The molecule has 0 atom stereocenters. The molecule has 0 radical (unpaired) electrons. The van der Waals surface area contributed by atoms with Gasteiger partial charge in [0, 0.05) is 19.0 Å². The number of likely N-dealkylation sites (tertiary alicyclic amines) is 1. The quantitative estimate of drug-likeness (QED) is 0.805. The lowest BCUT2D eigenvalue weighted by atomic mass is 9.92. The number of rotatable bonds is 1. The summed E-state index contributed by atoms with van der Waals surface area (Å²) in [5.41, 5.74) is 0. The molecule has 0 aliphatic carbocycles. The first-order chi connectivity index (χ1) is 8.48. The molecule has 7 heteroatoms. The van der Waals surface area contributed by atoms with Gasteiger partial charge in [0.2, 0.25) is 5.91 Å². The summed E-state index contributed by atoms with van der Waals surface area (Å²) in [5, 5.41) is 3.18. The van der Waals surface area contributed by atoms with Gasteiger partial charge in [-0.15, -0.1) is 12.4 Å². The molecular formula is C12H20ClF3N2O. The molecule has 0 bridgehead atoms. The second kappa shape index (κ2) is 6.79. The maximum absolute atomic E-state index is 12.5. The molecule has 0 aromatic heterocycles. The summed E-state index contributed by atoms with van der Waals surface area (Å²) in [6, 6.07) is 0. The fourth-order valence-electron chi connectivity index (χ4n) is 2.75. The number of hydrogen-bond acceptors (Lipinski definition) is 2. The Hall–Kier alpha value is -0.490. The van der Waals surface area contributed by atoms with Crippen LogP contribution in [0.2, 0.25) is 0 Å². The predicted molar refractivity (Wildman–Crippen MR) is 68.2 cm³/mol. The van der Waals surface area contributed by atoms with E-state index in [4.69, 9.17) is 0 Å². The Bertz CT molecular complexity index is 298. The average Bonchev–Trinajstić information content (AvgIpc) is 2.38. The number of piperidine rings is 2. The highest BCUT2D eigenvalue weighted by atomic mass is 35.5. The second-order valence-electron chi connectivity index (χ2n) is 5.17. The highest BCUT2D eigenvalue weighted by molar-refractivity contribution is 5.85. The molecule has 3 nitrogen and oxygen atoms in total. The molecular weight excluding hydrogens is 281 g/mol. The first-order valence-electron chi connectivity index (χ1n) is 6.54. The zero-order chi connectivity index (χ0) is 13.2. The lowest BCUT2D eigenvalue weighted by Gasteiger charge is -2.35. The summed E-state index contributed by atoms with van der Waals surface area (Å²) in [5.74, 6) is -1.17. The van der Waals surface area contributed by atoms with Crippen LogP contribution < -0.4 is 5.32 Å². The van der Waals surface area contributed by atoms with Gasteiger partial charge in [-0.2, -0.15) is 13.2 Å². The lowest BCUT2D eigenvalue weighted by Crippen LogP contribution is -2.46. The van der Waals surface area contributed by atoms with Crippen molar-refractivity contribution in [2.24, 2.45) is 11.8 Å². The van der Waals surface area contributed by atoms with E-state index in [1.54, 1.807) is 4.90 Å². The molecule has 2 aliphatic rings. The van der Waals surface area contributed by atoms with E-state index in [-0.39, 0.29) is 50.2 Å². The number of halogens is 4. The Kier molecular flexibility index (Phi) is 5.92. The smallest absolute Gasteiger partial charge is 0.342 e. The fraction of sp³-hybridized carbons (Fsp3) is 0.917. The minimum Gasteiger partial charge on any atom is -0.342 e. The van der Waals surface area contributed by atoms with E-state index in [2.05, 4.69) is 5.32 Å². The van der Waals surface area contributed by atoms with Crippen LogP contribution in [-0.2, 0) is 4.79 Å². The number of nitrogens with one attached hydrogen (secondary N) is 1. The van der Waals surface area contributed by atoms with Gasteiger partial charge in [-0.3, -0.25) is 4.79 Å². The number of alkyl halides is 3. The predicted octanol–water partition coefficient (Wildman–Crippen LogP) is 2.21. The van der Waals surface area contributed by atoms with Gasteiger partial charge < -0.3 is 10.2 Å². The van der Waals surface area contributed by atoms with Gasteiger partial charge in [-0.25, -0.2) is 0 Å². The van der Waals surface area contributed by atoms with E-state index in [9.17, 15) is 18.0 Å². The summed E-state index contributed by atoms with van der Waals surface area (Å²) in [6.07, 6.45) is -2.39. The molecule has 112 valence electrons. The van der Waals surface area contributed by atoms with Crippen molar-refractivity contribution in [3.63, 3.8) is 0 Å². The topological polar surface area (TPSA) is 32.3 Å². The number of amides is 1. The van der Waals surface area contributed by atoms with Gasteiger partial charge in [-0.1, -0.05) is 0 Å². The molecule has 2 fully saturated rings. The molecule has 0 aromatic rings. The molecule has 2 heterocycles. The van der Waals surface area contributed by atoms with E-state index < -0.39 is 12.1 Å². The monoisotopic (exact) mass is 300 g/mol. The largest absolute Gasteiger partial charge is 0.391 e. The molecule has 19 heavy (non-hydrogen) atoms. The Morgan fingerprint density at radius 2 is 1.58 bits per heavy atom. The van der Waals surface area contributed by atoms with Crippen molar-refractivity contribution < 1.29 is 18.0 Å². The van der Waals surface area contributed by atoms with Crippen LogP contribution in [0.5, 0.6) is 0 Å². The zero-order valence-electron chi connectivity index (χ0n) is 10.7. The third-order valence-corrected chi connectivity index (χ3v) is 3.96. The van der Waals surface area contributed by atoms with Crippen LogP contribution in [0.1, 0.15) is 25.7 Å². The standard InChI is InChI=1S/C12H19F3N2O.ClH/c13-12(14,15)10-3-7-17(8-4-10)11(18)9-1-5-16-6-2-9;/h9-10,16H,1-8H2;1H. The number of nitrogens with zero attached hydrogens (tertiary/aromatic N) is 1. The fourth-order valence-corrected chi connectivity index (χ4v) is 2.75. The minimum absolute atomic E-state index is 0. The molecule has 0 unspecified atom stereocenters. The SMILES string of the molecule is Cl.O=C(C1CCNCC1)N1CCC(C(F)(F)F)CC1. The number of hydrogen-bond donors (Lipinski definition) is 1. The third kappa shape index (κ3) is 4.24. The van der Waals surface area contributed by atoms with Gasteiger partial charge >= 0.3 is 6.18 Å². The van der Waals surface area contributed by atoms with Crippen molar-refractivity contribution in [2.45, 2.75) is 31.9 Å². The first-order valence-corrected chi connectivity index (χ1v) is 6.54.